The molecule has 3 unspecified atom stereocenters. The molecule has 0 aromatic carbocycles. The van der Waals surface area contributed by atoms with Crippen molar-refractivity contribution in [3.8, 4) is 0 Å². The van der Waals surface area contributed by atoms with Crippen LogP contribution in [0.5, 0.6) is 0 Å². The zero-order chi connectivity index (χ0) is 12.0. The van der Waals surface area contributed by atoms with Crippen LogP contribution in [0, 0.1) is 5.92 Å². The van der Waals surface area contributed by atoms with Gasteiger partial charge in [-0.2, -0.15) is 0 Å². The fourth-order valence-corrected chi connectivity index (χ4v) is 2.32. The van der Waals surface area contributed by atoms with Crippen LogP contribution in [0.1, 0.15) is 26.7 Å². The highest BCUT2D eigenvalue weighted by molar-refractivity contribution is 4.78. The number of ether oxygens (including phenoxy) is 3. The van der Waals surface area contributed by atoms with E-state index >= 15 is 0 Å². The number of rotatable bonds is 7. The van der Waals surface area contributed by atoms with E-state index in [-0.39, 0.29) is 12.3 Å². The molecule has 1 saturated heterocycles. The lowest BCUT2D eigenvalue weighted by molar-refractivity contribution is -0.120. The van der Waals surface area contributed by atoms with Gasteiger partial charge in [-0.25, -0.2) is 0 Å². The number of hydrogen-bond donors (Lipinski definition) is 1. The molecule has 1 rings (SSSR count). The Kier molecular flexibility index (Phi) is 6.28. The first-order valence-corrected chi connectivity index (χ1v) is 6.13. The Morgan fingerprint density at radius 1 is 1.38 bits per heavy atom. The van der Waals surface area contributed by atoms with E-state index in [2.05, 4.69) is 19.2 Å². The van der Waals surface area contributed by atoms with E-state index < -0.39 is 0 Å². The summed E-state index contributed by atoms with van der Waals surface area (Å²) in [5, 5.41) is 3.46. The second-order valence-electron chi connectivity index (χ2n) is 4.40. The van der Waals surface area contributed by atoms with Crippen LogP contribution >= 0.6 is 0 Å². The maximum absolute atomic E-state index is 5.66. The molecule has 0 radical (unpaired) electrons. The van der Waals surface area contributed by atoms with E-state index in [1.807, 2.05) is 0 Å². The third kappa shape index (κ3) is 3.70. The lowest BCUT2D eigenvalue weighted by Gasteiger charge is -2.25. The first-order valence-electron chi connectivity index (χ1n) is 6.13. The van der Waals surface area contributed by atoms with Gasteiger partial charge >= 0.3 is 0 Å². The van der Waals surface area contributed by atoms with Crippen LogP contribution in [-0.4, -0.2) is 45.8 Å². The molecule has 1 aliphatic rings. The van der Waals surface area contributed by atoms with Crippen LogP contribution in [0.2, 0.25) is 0 Å². The molecule has 1 N–H and O–H groups in total. The van der Waals surface area contributed by atoms with Crippen LogP contribution in [0.3, 0.4) is 0 Å². The summed E-state index contributed by atoms with van der Waals surface area (Å²) < 4.78 is 16.1. The zero-order valence-electron chi connectivity index (χ0n) is 10.9. The van der Waals surface area contributed by atoms with Crippen LogP contribution in [0.4, 0.5) is 0 Å². The second kappa shape index (κ2) is 7.22. The van der Waals surface area contributed by atoms with Gasteiger partial charge in [0.15, 0.2) is 6.29 Å². The van der Waals surface area contributed by atoms with Gasteiger partial charge in [0.1, 0.15) is 0 Å². The van der Waals surface area contributed by atoms with Crippen LogP contribution < -0.4 is 5.32 Å². The van der Waals surface area contributed by atoms with E-state index in [1.165, 1.54) is 0 Å². The quantitative estimate of drug-likeness (QED) is 0.672. The number of methoxy groups -OCH3 is 2. The Morgan fingerprint density at radius 2 is 2.06 bits per heavy atom. The van der Waals surface area contributed by atoms with Crippen LogP contribution in [-0.2, 0) is 14.2 Å². The normalized spacial score (nSPS) is 27.6. The molecule has 16 heavy (non-hydrogen) atoms. The fraction of sp³-hybridized carbons (Fsp3) is 1.00. The summed E-state index contributed by atoms with van der Waals surface area (Å²) in [5.41, 5.74) is 0. The summed E-state index contributed by atoms with van der Waals surface area (Å²) in [6.45, 7) is 6.13. The highest BCUT2D eigenvalue weighted by atomic mass is 16.7. The van der Waals surface area contributed by atoms with Crippen LogP contribution in [0.25, 0.3) is 0 Å². The Bertz CT molecular complexity index is 185. The van der Waals surface area contributed by atoms with Crippen molar-refractivity contribution in [3.05, 3.63) is 0 Å². The van der Waals surface area contributed by atoms with Crippen molar-refractivity contribution in [2.75, 3.05) is 27.4 Å². The van der Waals surface area contributed by atoms with Gasteiger partial charge < -0.3 is 19.5 Å². The van der Waals surface area contributed by atoms with E-state index in [0.29, 0.717) is 12.0 Å². The highest BCUT2D eigenvalue weighted by Crippen LogP contribution is 2.22. The van der Waals surface area contributed by atoms with Crippen molar-refractivity contribution in [1.29, 1.82) is 0 Å². The summed E-state index contributed by atoms with van der Waals surface area (Å²) in [4.78, 5) is 0. The first-order chi connectivity index (χ1) is 7.72. The maximum Gasteiger partial charge on any atom is 0.171 e. The Balaban J connectivity index is 2.27. The number of hydrogen-bond acceptors (Lipinski definition) is 4. The molecule has 0 spiro atoms. The predicted octanol–water partition coefficient (Wildman–Crippen LogP) is 1.40. The third-order valence-electron chi connectivity index (χ3n) is 3.32. The average molecular weight is 231 g/mol. The molecule has 0 aromatic rings. The minimum Gasteiger partial charge on any atom is -0.378 e. The van der Waals surface area contributed by atoms with Crippen molar-refractivity contribution >= 4 is 0 Å². The standard InChI is InChI=1S/C12H25NO3/c1-5-11-10(6-7-16-11)8-13-9(2)12(14-3)15-4/h9-13H,5-8H2,1-4H3. The van der Waals surface area contributed by atoms with Gasteiger partial charge in [-0.05, 0) is 25.7 Å². The lowest BCUT2D eigenvalue weighted by Crippen LogP contribution is -2.42. The molecule has 1 heterocycles. The first kappa shape index (κ1) is 13.9. The lowest BCUT2D eigenvalue weighted by atomic mass is 9.99. The average Bonchev–Trinajstić information content (AvgIpc) is 2.75. The molecule has 0 aromatic heterocycles. The minimum absolute atomic E-state index is 0.178. The Hall–Kier alpha value is -0.160. The van der Waals surface area contributed by atoms with E-state index in [9.17, 15) is 0 Å². The summed E-state index contributed by atoms with van der Waals surface area (Å²) in [5.74, 6) is 0.627. The zero-order valence-corrected chi connectivity index (χ0v) is 10.9. The molecule has 0 amide bonds. The summed E-state index contributed by atoms with van der Waals surface area (Å²) in [6.07, 6.45) is 2.49. The van der Waals surface area contributed by atoms with Crippen molar-refractivity contribution in [3.63, 3.8) is 0 Å². The fourth-order valence-electron chi connectivity index (χ4n) is 2.32. The topological polar surface area (TPSA) is 39.7 Å². The summed E-state index contributed by atoms with van der Waals surface area (Å²) in [7, 11) is 3.33. The van der Waals surface area contributed by atoms with E-state index in [4.69, 9.17) is 14.2 Å². The van der Waals surface area contributed by atoms with Gasteiger partial charge in [0, 0.05) is 27.4 Å². The van der Waals surface area contributed by atoms with Gasteiger partial charge in [-0.3, -0.25) is 0 Å². The van der Waals surface area contributed by atoms with Gasteiger partial charge in [0.2, 0.25) is 0 Å². The summed E-state index contributed by atoms with van der Waals surface area (Å²) >= 11 is 0. The molecule has 1 fully saturated rings. The van der Waals surface area contributed by atoms with Gasteiger partial charge in [0.05, 0.1) is 12.1 Å². The molecule has 0 saturated carbocycles. The van der Waals surface area contributed by atoms with Gasteiger partial charge in [-0.1, -0.05) is 6.92 Å². The highest BCUT2D eigenvalue weighted by Gasteiger charge is 2.27. The molecule has 96 valence electrons. The van der Waals surface area contributed by atoms with Crippen molar-refractivity contribution < 1.29 is 14.2 Å². The van der Waals surface area contributed by atoms with Crippen molar-refractivity contribution in [1.82, 2.24) is 5.32 Å². The summed E-state index contributed by atoms with van der Waals surface area (Å²) in [6, 6.07) is 0.202. The Morgan fingerprint density at radius 3 is 2.62 bits per heavy atom. The smallest absolute Gasteiger partial charge is 0.171 e. The monoisotopic (exact) mass is 231 g/mol. The molecule has 0 bridgehead atoms. The van der Waals surface area contributed by atoms with Crippen molar-refractivity contribution in [2.24, 2.45) is 5.92 Å². The van der Waals surface area contributed by atoms with Crippen molar-refractivity contribution in [2.45, 2.75) is 45.1 Å². The Labute approximate surface area is 98.6 Å². The second-order valence-corrected chi connectivity index (χ2v) is 4.40. The molecular weight excluding hydrogens is 206 g/mol. The largest absolute Gasteiger partial charge is 0.378 e. The molecular formula is C12H25NO3. The van der Waals surface area contributed by atoms with Gasteiger partial charge in [-0.15, -0.1) is 0 Å². The minimum atomic E-state index is -0.178. The third-order valence-corrected chi connectivity index (χ3v) is 3.32. The number of nitrogens with one attached hydrogen (secondary N) is 1. The molecule has 1 aliphatic heterocycles. The molecule has 4 nitrogen and oxygen atoms in total. The van der Waals surface area contributed by atoms with Crippen LogP contribution in [0.15, 0.2) is 0 Å². The van der Waals surface area contributed by atoms with E-state index in [1.54, 1.807) is 14.2 Å². The molecule has 4 heteroatoms. The predicted molar refractivity (Wildman–Crippen MR) is 63.4 cm³/mol. The van der Waals surface area contributed by atoms with E-state index in [0.717, 1.165) is 26.0 Å². The molecule has 0 aliphatic carbocycles. The molecule has 3 atom stereocenters. The maximum atomic E-state index is 5.66. The SMILES string of the molecule is CCC1OCCC1CNC(C)C(OC)OC. The van der Waals surface area contributed by atoms with Gasteiger partial charge in [0.25, 0.3) is 0 Å².